The van der Waals surface area contributed by atoms with Crippen LogP contribution in [0.1, 0.15) is 67.2 Å². The van der Waals surface area contributed by atoms with Gasteiger partial charge in [0.2, 0.25) is 0 Å². The third-order valence-electron chi connectivity index (χ3n) is 5.30. The molecule has 0 aromatic rings. The van der Waals surface area contributed by atoms with Crippen LogP contribution in [-0.4, -0.2) is 64.4 Å². The minimum atomic E-state index is -1.81. The molecular weight excluding hydrogens is 508 g/mol. The second kappa shape index (κ2) is 13.9. The topological polar surface area (TPSA) is 105 Å². The molecule has 0 saturated carbocycles. The maximum Gasteiger partial charge on any atom is 0.323 e. The molecule has 0 aliphatic carbocycles. The predicted molar refractivity (Wildman–Crippen MR) is 151 cm³/mol. The first-order chi connectivity index (χ1) is 16.5. The summed E-state index contributed by atoms with van der Waals surface area (Å²) in [6.07, 6.45) is -0.750. The maximum atomic E-state index is 13.5. The molecule has 0 N–H and O–H groups in total. The van der Waals surface area contributed by atoms with Crippen LogP contribution in [0.4, 0.5) is 0 Å². The fraction of sp³-hybridized carbons (Fsp3) is 0.852. The van der Waals surface area contributed by atoms with Gasteiger partial charge < -0.3 is 18.9 Å². The Kier molecular flexibility index (Phi) is 13.3. The van der Waals surface area contributed by atoms with Gasteiger partial charge >= 0.3 is 23.9 Å². The number of ether oxygens (including phenoxy) is 4. The van der Waals surface area contributed by atoms with Crippen molar-refractivity contribution in [1.29, 1.82) is 0 Å². The lowest BCUT2D eigenvalue weighted by Crippen LogP contribution is -2.44. The molecule has 0 aromatic carbocycles. The number of rotatable bonds is 14. The average Bonchev–Trinajstić information content (AvgIpc) is 2.63. The van der Waals surface area contributed by atoms with Gasteiger partial charge in [0.25, 0.3) is 0 Å². The highest BCUT2D eigenvalue weighted by atomic mass is 28.3. The van der Waals surface area contributed by atoms with Crippen molar-refractivity contribution in [2.75, 3.05) is 13.2 Å². The Morgan fingerprint density at radius 3 is 1.11 bits per heavy atom. The molecule has 0 atom stereocenters. The molecule has 0 spiro atoms. The molecule has 0 heterocycles. The van der Waals surface area contributed by atoms with Gasteiger partial charge in [0.15, 0.2) is 5.41 Å². The number of esters is 4. The van der Waals surface area contributed by atoms with Crippen molar-refractivity contribution in [3.63, 3.8) is 0 Å². The molecular formula is C27H52O8Si2. The summed E-state index contributed by atoms with van der Waals surface area (Å²) in [6, 6.07) is 1.44. The first-order valence-electron chi connectivity index (χ1n) is 13.2. The lowest BCUT2D eigenvalue weighted by atomic mass is 9.78. The molecule has 0 bridgehead atoms. The van der Waals surface area contributed by atoms with Crippen LogP contribution in [0.5, 0.6) is 0 Å². The molecule has 0 amide bonds. The molecule has 37 heavy (non-hydrogen) atoms. The zero-order valence-corrected chi connectivity index (χ0v) is 27.4. The smallest absolute Gasteiger partial charge is 0.323 e. The first kappa shape index (κ1) is 35.3. The molecule has 10 heteroatoms. The van der Waals surface area contributed by atoms with Crippen LogP contribution in [0.3, 0.4) is 0 Å². The van der Waals surface area contributed by atoms with Crippen LogP contribution in [0.25, 0.3) is 0 Å². The largest absolute Gasteiger partial charge is 0.465 e. The molecule has 0 rings (SSSR count). The Morgan fingerprint density at radius 2 is 0.865 bits per heavy atom. The van der Waals surface area contributed by atoms with Crippen molar-refractivity contribution in [2.24, 2.45) is 5.41 Å². The van der Waals surface area contributed by atoms with Gasteiger partial charge in [0.1, 0.15) is 11.2 Å². The number of carbonyl (C=O) groups is 4. The Morgan fingerprint density at radius 1 is 0.568 bits per heavy atom. The molecule has 0 aliphatic rings. The minimum Gasteiger partial charge on any atom is -0.465 e. The van der Waals surface area contributed by atoms with E-state index in [0.717, 1.165) is 12.1 Å². The van der Waals surface area contributed by atoms with E-state index in [1.54, 1.807) is 41.5 Å². The average molecular weight is 561 g/mol. The molecule has 0 aromatic heterocycles. The van der Waals surface area contributed by atoms with Crippen LogP contribution in [-0.2, 0) is 38.1 Å². The van der Waals surface area contributed by atoms with Gasteiger partial charge in [0, 0.05) is 29.0 Å². The van der Waals surface area contributed by atoms with E-state index in [1.807, 2.05) is 0 Å². The Balaban J connectivity index is 6.07. The standard InChI is InChI=1S/C27H52O8Si2/c1-25(2,3)34-21(28)13-15-27(16-14-22(29)35-26(4,5)6,23(30)32-17-19-36(7,8)9)24(31)33-18-20-37(10,11)12/h13-20H2,1-12H3. The van der Waals surface area contributed by atoms with Gasteiger partial charge in [-0.1, -0.05) is 39.3 Å². The van der Waals surface area contributed by atoms with Crippen molar-refractivity contribution in [2.45, 2.75) is 130 Å². The molecule has 0 saturated heterocycles. The zero-order valence-electron chi connectivity index (χ0n) is 25.4. The quantitative estimate of drug-likeness (QED) is 0.111. The number of hydrogen-bond donors (Lipinski definition) is 0. The van der Waals surface area contributed by atoms with Crippen LogP contribution in [0.2, 0.25) is 51.4 Å². The van der Waals surface area contributed by atoms with E-state index in [9.17, 15) is 19.2 Å². The number of carbonyl (C=O) groups excluding carboxylic acids is 4. The van der Waals surface area contributed by atoms with Crippen LogP contribution >= 0.6 is 0 Å². The Labute approximate surface area is 226 Å². The molecule has 8 nitrogen and oxygen atoms in total. The molecule has 0 unspecified atom stereocenters. The van der Waals surface area contributed by atoms with Crippen molar-refractivity contribution in [3.05, 3.63) is 0 Å². The maximum absolute atomic E-state index is 13.5. The van der Waals surface area contributed by atoms with Gasteiger partial charge in [-0.2, -0.15) is 0 Å². The Bertz CT molecular complexity index is 714. The molecule has 0 radical (unpaired) electrons. The summed E-state index contributed by atoms with van der Waals surface area (Å²) >= 11 is 0. The van der Waals surface area contributed by atoms with E-state index in [2.05, 4.69) is 39.3 Å². The van der Waals surface area contributed by atoms with Gasteiger partial charge in [-0.05, 0) is 66.5 Å². The normalized spacial score (nSPS) is 13.1. The fourth-order valence-electron chi connectivity index (χ4n) is 3.21. The van der Waals surface area contributed by atoms with E-state index < -0.39 is 56.6 Å². The first-order valence-corrected chi connectivity index (χ1v) is 20.7. The van der Waals surface area contributed by atoms with Crippen LogP contribution in [0.15, 0.2) is 0 Å². The molecule has 216 valence electrons. The summed E-state index contributed by atoms with van der Waals surface area (Å²) in [6.45, 7) is 23.7. The summed E-state index contributed by atoms with van der Waals surface area (Å²) in [5.74, 6) is -2.62. The summed E-state index contributed by atoms with van der Waals surface area (Å²) in [5, 5.41) is 0. The summed E-state index contributed by atoms with van der Waals surface area (Å²) in [5.41, 5.74) is -3.25. The SMILES string of the molecule is CC(C)(C)OC(=O)CCC(CCC(=O)OC(C)(C)C)(C(=O)OCC[Si](C)(C)C)C(=O)OCC[Si](C)(C)C. The van der Waals surface area contributed by atoms with E-state index in [4.69, 9.17) is 18.9 Å². The van der Waals surface area contributed by atoms with Crippen molar-refractivity contribution in [3.8, 4) is 0 Å². The van der Waals surface area contributed by atoms with Crippen molar-refractivity contribution >= 4 is 40.0 Å². The van der Waals surface area contributed by atoms with E-state index in [-0.39, 0.29) is 38.9 Å². The highest BCUT2D eigenvalue weighted by Gasteiger charge is 2.49. The van der Waals surface area contributed by atoms with Crippen LogP contribution < -0.4 is 0 Å². The predicted octanol–water partition coefficient (Wildman–Crippen LogP) is 5.98. The second-order valence-electron chi connectivity index (χ2n) is 14.1. The van der Waals surface area contributed by atoms with E-state index in [0.29, 0.717) is 0 Å². The molecule has 0 fully saturated rings. The fourth-order valence-corrected chi connectivity index (χ4v) is 4.64. The van der Waals surface area contributed by atoms with Gasteiger partial charge in [-0.15, -0.1) is 0 Å². The minimum absolute atomic E-state index is 0.164. The third kappa shape index (κ3) is 16.7. The van der Waals surface area contributed by atoms with Gasteiger partial charge in [-0.25, -0.2) is 0 Å². The second-order valence-corrected chi connectivity index (χ2v) is 25.4. The van der Waals surface area contributed by atoms with Crippen molar-refractivity contribution < 1.29 is 38.1 Å². The third-order valence-corrected chi connectivity index (χ3v) is 8.71. The van der Waals surface area contributed by atoms with Crippen molar-refractivity contribution in [1.82, 2.24) is 0 Å². The summed E-state index contributed by atoms with van der Waals surface area (Å²) in [4.78, 5) is 52.2. The lowest BCUT2D eigenvalue weighted by Gasteiger charge is -2.31. The van der Waals surface area contributed by atoms with E-state index in [1.165, 1.54) is 0 Å². The Hall–Kier alpha value is -1.69. The highest BCUT2D eigenvalue weighted by Crippen LogP contribution is 2.35. The molecule has 0 aliphatic heterocycles. The summed E-state index contributed by atoms with van der Waals surface area (Å²) < 4.78 is 22.1. The highest BCUT2D eigenvalue weighted by molar-refractivity contribution is 6.76. The monoisotopic (exact) mass is 560 g/mol. The van der Waals surface area contributed by atoms with Crippen LogP contribution in [0, 0.1) is 5.41 Å². The van der Waals surface area contributed by atoms with E-state index >= 15 is 0 Å². The zero-order chi connectivity index (χ0) is 29.3. The summed E-state index contributed by atoms with van der Waals surface area (Å²) in [7, 11) is -3.03. The van der Waals surface area contributed by atoms with Gasteiger partial charge in [-0.3, -0.25) is 19.2 Å². The van der Waals surface area contributed by atoms with Gasteiger partial charge in [0.05, 0.1) is 13.2 Å². The lowest BCUT2D eigenvalue weighted by molar-refractivity contribution is -0.175. The number of hydrogen-bond acceptors (Lipinski definition) is 8.